The molecule has 2 aliphatic heterocycles. The number of rotatable bonds is 3. The monoisotopic (exact) mass is 285 g/mol. The first-order valence-electron chi connectivity index (χ1n) is 7.38. The van der Waals surface area contributed by atoms with Gasteiger partial charge in [-0.2, -0.15) is 0 Å². The molecule has 20 heavy (non-hydrogen) atoms. The van der Waals surface area contributed by atoms with E-state index in [1.807, 2.05) is 0 Å². The molecule has 0 aliphatic carbocycles. The van der Waals surface area contributed by atoms with Crippen LogP contribution in [-0.2, 0) is 9.59 Å². The van der Waals surface area contributed by atoms with Crippen LogP contribution in [0.15, 0.2) is 0 Å². The molecule has 0 aromatic carbocycles. The average molecular weight is 285 g/mol. The third kappa shape index (κ3) is 3.11. The van der Waals surface area contributed by atoms with Crippen molar-refractivity contribution in [1.82, 2.24) is 9.80 Å². The zero-order chi connectivity index (χ0) is 14.9. The number of nitrogens with two attached hydrogens (primary N) is 1. The van der Waals surface area contributed by atoms with Gasteiger partial charge in [-0.05, 0) is 39.8 Å². The normalized spacial score (nSPS) is 29.1. The molecular weight excluding hydrogens is 261 g/mol. The number of likely N-dealkylation sites (tertiary alicyclic amines) is 2. The Morgan fingerprint density at radius 3 is 2.35 bits per heavy atom. The Labute approximate surface area is 119 Å². The SMILES string of the molecule is CC(C)N1CCC(C(=O)N2C[C@H](F)C[C@H]2C(N)=O)CC1. The summed E-state index contributed by atoms with van der Waals surface area (Å²) in [5, 5.41) is 0. The van der Waals surface area contributed by atoms with Gasteiger partial charge in [-0.1, -0.05) is 0 Å². The second-order valence-electron chi connectivity index (χ2n) is 6.15. The van der Waals surface area contributed by atoms with Crippen LogP contribution in [-0.4, -0.2) is 59.5 Å². The van der Waals surface area contributed by atoms with E-state index in [0.29, 0.717) is 6.04 Å². The third-order valence-corrected chi connectivity index (χ3v) is 4.47. The number of carbonyl (C=O) groups is 2. The molecule has 2 aliphatic rings. The van der Waals surface area contributed by atoms with E-state index in [1.54, 1.807) is 0 Å². The molecule has 2 amide bonds. The topological polar surface area (TPSA) is 66.6 Å². The van der Waals surface area contributed by atoms with Crippen molar-refractivity contribution in [1.29, 1.82) is 0 Å². The van der Waals surface area contributed by atoms with E-state index in [0.717, 1.165) is 25.9 Å². The van der Waals surface area contributed by atoms with E-state index in [9.17, 15) is 14.0 Å². The summed E-state index contributed by atoms with van der Waals surface area (Å²) in [5.74, 6) is -0.798. The molecular formula is C14H24FN3O2. The lowest BCUT2D eigenvalue weighted by molar-refractivity contribution is -0.142. The molecule has 0 unspecified atom stereocenters. The molecule has 0 aromatic rings. The molecule has 2 fully saturated rings. The van der Waals surface area contributed by atoms with Crippen molar-refractivity contribution in [3.05, 3.63) is 0 Å². The predicted octanol–water partition coefficient (Wildman–Crippen LogP) is 0.531. The molecule has 6 heteroatoms. The van der Waals surface area contributed by atoms with Gasteiger partial charge in [0.25, 0.3) is 0 Å². The fraction of sp³-hybridized carbons (Fsp3) is 0.857. The largest absolute Gasteiger partial charge is 0.368 e. The fourth-order valence-electron chi connectivity index (χ4n) is 3.20. The molecule has 2 saturated heterocycles. The zero-order valence-corrected chi connectivity index (χ0v) is 12.2. The van der Waals surface area contributed by atoms with Crippen LogP contribution >= 0.6 is 0 Å². The number of hydrogen-bond acceptors (Lipinski definition) is 3. The van der Waals surface area contributed by atoms with E-state index in [4.69, 9.17) is 5.73 Å². The summed E-state index contributed by atoms with van der Waals surface area (Å²) in [5.41, 5.74) is 5.27. The van der Waals surface area contributed by atoms with E-state index in [2.05, 4.69) is 18.7 Å². The van der Waals surface area contributed by atoms with Gasteiger partial charge in [-0.15, -0.1) is 0 Å². The Morgan fingerprint density at radius 1 is 1.25 bits per heavy atom. The summed E-state index contributed by atoms with van der Waals surface area (Å²) >= 11 is 0. The van der Waals surface area contributed by atoms with Crippen molar-refractivity contribution in [2.45, 2.75) is 51.4 Å². The van der Waals surface area contributed by atoms with Crippen LogP contribution in [0.4, 0.5) is 4.39 Å². The quantitative estimate of drug-likeness (QED) is 0.822. The number of carbonyl (C=O) groups excluding carboxylic acids is 2. The molecule has 114 valence electrons. The summed E-state index contributed by atoms with van der Waals surface area (Å²) in [7, 11) is 0. The molecule has 2 N–H and O–H groups in total. The Bertz CT molecular complexity index is 381. The van der Waals surface area contributed by atoms with Crippen LogP contribution in [0.3, 0.4) is 0 Å². The number of alkyl halides is 1. The first kappa shape index (κ1) is 15.2. The maximum absolute atomic E-state index is 13.5. The fourth-order valence-corrected chi connectivity index (χ4v) is 3.20. The van der Waals surface area contributed by atoms with Crippen molar-refractivity contribution < 1.29 is 14.0 Å². The van der Waals surface area contributed by atoms with Gasteiger partial charge in [0.2, 0.25) is 11.8 Å². The van der Waals surface area contributed by atoms with Crippen molar-refractivity contribution in [2.75, 3.05) is 19.6 Å². The summed E-state index contributed by atoms with van der Waals surface area (Å²) in [6.07, 6.45) is 0.463. The summed E-state index contributed by atoms with van der Waals surface area (Å²) in [4.78, 5) is 27.5. The van der Waals surface area contributed by atoms with Crippen LogP contribution in [0.5, 0.6) is 0 Å². The summed E-state index contributed by atoms with van der Waals surface area (Å²) in [6, 6.07) is -0.285. The lowest BCUT2D eigenvalue weighted by atomic mass is 9.94. The van der Waals surface area contributed by atoms with Gasteiger partial charge in [-0.25, -0.2) is 4.39 Å². The minimum absolute atomic E-state index is 0.0107. The van der Waals surface area contributed by atoms with Crippen LogP contribution < -0.4 is 5.73 Å². The van der Waals surface area contributed by atoms with E-state index in [1.165, 1.54) is 4.90 Å². The molecule has 2 atom stereocenters. The van der Waals surface area contributed by atoms with Crippen LogP contribution in [0, 0.1) is 5.92 Å². The number of piperidine rings is 1. The van der Waals surface area contributed by atoms with Crippen molar-refractivity contribution in [3.63, 3.8) is 0 Å². The second kappa shape index (κ2) is 6.08. The Morgan fingerprint density at radius 2 is 1.85 bits per heavy atom. The number of amides is 2. The van der Waals surface area contributed by atoms with Crippen molar-refractivity contribution in [3.8, 4) is 0 Å². The molecule has 2 heterocycles. The number of nitrogens with zero attached hydrogens (tertiary/aromatic N) is 2. The minimum atomic E-state index is -1.13. The number of primary amides is 1. The average Bonchev–Trinajstić information content (AvgIpc) is 2.80. The highest BCUT2D eigenvalue weighted by atomic mass is 19.1. The van der Waals surface area contributed by atoms with Gasteiger partial charge >= 0.3 is 0 Å². The summed E-state index contributed by atoms with van der Waals surface area (Å²) < 4.78 is 13.5. The van der Waals surface area contributed by atoms with Crippen molar-refractivity contribution >= 4 is 11.8 Å². The van der Waals surface area contributed by atoms with Crippen LogP contribution in [0.25, 0.3) is 0 Å². The van der Waals surface area contributed by atoms with Gasteiger partial charge in [0.15, 0.2) is 0 Å². The molecule has 0 saturated carbocycles. The molecule has 0 spiro atoms. The molecule has 0 bridgehead atoms. The van der Waals surface area contributed by atoms with Crippen molar-refractivity contribution in [2.24, 2.45) is 11.7 Å². The first-order valence-corrected chi connectivity index (χ1v) is 7.38. The second-order valence-corrected chi connectivity index (χ2v) is 6.15. The standard InChI is InChI=1S/C14H24FN3O2/c1-9(2)17-5-3-10(4-6-17)14(20)18-8-11(15)7-12(18)13(16)19/h9-12H,3-8H2,1-2H3,(H2,16,19)/t11-,12+/m1/s1. The summed E-state index contributed by atoms with van der Waals surface area (Å²) in [6.45, 7) is 6.04. The lowest BCUT2D eigenvalue weighted by Crippen LogP contribution is -2.49. The first-order chi connectivity index (χ1) is 9.40. The van der Waals surface area contributed by atoms with Gasteiger partial charge < -0.3 is 15.5 Å². The number of hydrogen-bond donors (Lipinski definition) is 1. The smallest absolute Gasteiger partial charge is 0.240 e. The molecule has 0 aromatic heterocycles. The minimum Gasteiger partial charge on any atom is -0.368 e. The van der Waals surface area contributed by atoms with E-state index in [-0.39, 0.29) is 24.8 Å². The maximum Gasteiger partial charge on any atom is 0.240 e. The van der Waals surface area contributed by atoms with E-state index < -0.39 is 18.1 Å². The highest BCUT2D eigenvalue weighted by molar-refractivity contribution is 5.88. The van der Waals surface area contributed by atoms with Crippen LogP contribution in [0.1, 0.15) is 33.1 Å². The Balaban J connectivity index is 1.96. The Kier molecular flexibility index (Phi) is 4.62. The van der Waals surface area contributed by atoms with E-state index >= 15 is 0 Å². The van der Waals surface area contributed by atoms with Crippen LogP contribution in [0.2, 0.25) is 0 Å². The lowest BCUT2D eigenvalue weighted by Gasteiger charge is -2.36. The third-order valence-electron chi connectivity index (χ3n) is 4.47. The van der Waals surface area contributed by atoms with Gasteiger partial charge in [-0.3, -0.25) is 9.59 Å². The van der Waals surface area contributed by atoms with Gasteiger partial charge in [0.05, 0.1) is 6.54 Å². The van der Waals surface area contributed by atoms with Gasteiger partial charge in [0, 0.05) is 18.4 Å². The molecule has 5 nitrogen and oxygen atoms in total. The predicted molar refractivity (Wildman–Crippen MR) is 73.6 cm³/mol. The highest BCUT2D eigenvalue weighted by Crippen LogP contribution is 2.27. The Hall–Kier alpha value is -1.17. The van der Waals surface area contributed by atoms with Gasteiger partial charge in [0.1, 0.15) is 12.2 Å². The highest BCUT2D eigenvalue weighted by Gasteiger charge is 2.41. The maximum atomic E-state index is 13.5. The molecule has 0 radical (unpaired) electrons. The molecule has 2 rings (SSSR count). The zero-order valence-electron chi connectivity index (χ0n) is 12.2. The number of halogens is 1.